The summed E-state index contributed by atoms with van der Waals surface area (Å²) >= 11 is 0. The predicted molar refractivity (Wildman–Crippen MR) is 48.7 cm³/mol. The maximum atomic E-state index is 5.79. The van der Waals surface area contributed by atoms with Gasteiger partial charge < -0.3 is 5.73 Å². The summed E-state index contributed by atoms with van der Waals surface area (Å²) in [7, 11) is 0. The third-order valence-electron chi connectivity index (χ3n) is 2.29. The highest BCUT2D eigenvalue weighted by atomic mass is 14.9. The highest BCUT2D eigenvalue weighted by Crippen LogP contribution is 2.30. The van der Waals surface area contributed by atoms with Gasteiger partial charge in [-0.25, -0.2) is 0 Å². The van der Waals surface area contributed by atoms with Gasteiger partial charge >= 0.3 is 0 Å². The Balaban J connectivity index is 2.54. The summed E-state index contributed by atoms with van der Waals surface area (Å²) in [5.74, 6) is 1.48. The van der Waals surface area contributed by atoms with Crippen LogP contribution >= 0.6 is 0 Å². The van der Waals surface area contributed by atoms with E-state index < -0.39 is 0 Å². The topological polar surface area (TPSA) is 38.4 Å². The average Bonchev–Trinajstić information content (AvgIpc) is 2.67. The molecule has 0 saturated heterocycles. The number of rotatable bonds is 3. The van der Waals surface area contributed by atoms with E-state index in [0.29, 0.717) is 5.92 Å². The van der Waals surface area contributed by atoms with Crippen LogP contribution in [0.25, 0.3) is 0 Å². The van der Waals surface area contributed by atoms with Crippen LogP contribution in [0.5, 0.6) is 0 Å². The lowest BCUT2D eigenvalue weighted by Crippen LogP contribution is -2.23. The molecular formula is C9H18N2. The molecular weight excluding hydrogens is 136 g/mol. The maximum absolute atomic E-state index is 5.79. The average molecular weight is 154 g/mol. The summed E-state index contributed by atoms with van der Waals surface area (Å²) in [5, 5.41) is 0. The summed E-state index contributed by atoms with van der Waals surface area (Å²) in [6.45, 7) is 6.40. The summed E-state index contributed by atoms with van der Waals surface area (Å²) < 4.78 is 0. The van der Waals surface area contributed by atoms with E-state index in [9.17, 15) is 0 Å². The van der Waals surface area contributed by atoms with Crippen molar-refractivity contribution in [2.24, 2.45) is 16.6 Å². The Morgan fingerprint density at radius 2 is 2.09 bits per heavy atom. The van der Waals surface area contributed by atoms with Crippen LogP contribution in [-0.2, 0) is 0 Å². The Kier molecular flexibility index (Phi) is 2.21. The van der Waals surface area contributed by atoms with E-state index in [-0.39, 0.29) is 5.54 Å². The largest absolute Gasteiger partial charge is 0.387 e. The SMILES string of the molecule is CCC(C)(C)N=C(N)C1CC1. The van der Waals surface area contributed by atoms with Crippen LogP contribution in [0.2, 0.25) is 0 Å². The molecule has 1 aliphatic rings. The van der Waals surface area contributed by atoms with Gasteiger partial charge in [-0.1, -0.05) is 6.92 Å². The van der Waals surface area contributed by atoms with Crippen molar-refractivity contribution in [3.05, 3.63) is 0 Å². The van der Waals surface area contributed by atoms with Gasteiger partial charge in [0, 0.05) is 5.92 Å². The number of aliphatic imine (C=N–C) groups is 1. The Hall–Kier alpha value is -0.530. The molecule has 0 aromatic heterocycles. The molecule has 1 saturated carbocycles. The molecule has 2 N–H and O–H groups in total. The summed E-state index contributed by atoms with van der Waals surface area (Å²) in [5.41, 5.74) is 5.84. The number of nitrogens with two attached hydrogens (primary N) is 1. The van der Waals surface area contributed by atoms with Gasteiger partial charge in [0.25, 0.3) is 0 Å². The minimum atomic E-state index is 0.0483. The van der Waals surface area contributed by atoms with Crippen LogP contribution in [0, 0.1) is 5.92 Å². The smallest absolute Gasteiger partial charge is 0.0975 e. The molecule has 1 aliphatic carbocycles. The normalized spacial score (nSPS) is 20.5. The predicted octanol–water partition coefficient (Wildman–Crippen LogP) is 1.94. The van der Waals surface area contributed by atoms with E-state index in [4.69, 9.17) is 5.73 Å². The first kappa shape index (κ1) is 8.57. The molecule has 0 unspecified atom stereocenters. The van der Waals surface area contributed by atoms with Crippen molar-refractivity contribution in [1.82, 2.24) is 0 Å². The van der Waals surface area contributed by atoms with E-state index in [0.717, 1.165) is 12.3 Å². The van der Waals surface area contributed by atoms with E-state index in [1.807, 2.05) is 0 Å². The maximum Gasteiger partial charge on any atom is 0.0975 e. The highest BCUT2D eigenvalue weighted by Gasteiger charge is 2.27. The Morgan fingerprint density at radius 3 is 2.45 bits per heavy atom. The summed E-state index contributed by atoms with van der Waals surface area (Å²) in [4.78, 5) is 4.48. The van der Waals surface area contributed by atoms with Crippen LogP contribution in [0.15, 0.2) is 4.99 Å². The second kappa shape index (κ2) is 2.84. The van der Waals surface area contributed by atoms with E-state index in [2.05, 4.69) is 25.8 Å². The van der Waals surface area contributed by atoms with Gasteiger partial charge in [-0.15, -0.1) is 0 Å². The Labute approximate surface area is 68.9 Å². The molecule has 0 amide bonds. The van der Waals surface area contributed by atoms with Crippen molar-refractivity contribution in [3.8, 4) is 0 Å². The third kappa shape index (κ3) is 2.52. The fourth-order valence-electron chi connectivity index (χ4n) is 0.899. The van der Waals surface area contributed by atoms with Crippen LogP contribution in [-0.4, -0.2) is 11.4 Å². The Bertz CT molecular complexity index is 166. The minimum Gasteiger partial charge on any atom is -0.387 e. The van der Waals surface area contributed by atoms with E-state index >= 15 is 0 Å². The summed E-state index contributed by atoms with van der Waals surface area (Å²) in [6.07, 6.45) is 3.55. The van der Waals surface area contributed by atoms with Crippen molar-refractivity contribution in [1.29, 1.82) is 0 Å². The van der Waals surface area contributed by atoms with Gasteiger partial charge in [0.2, 0.25) is 0 Å². The molecule has 1 fully saturated rings. The minimum absolute atomic E-state index is 0.0483. The fraction of sp³-hybridized carbons (Fsp3) is 0.889. The molecule has 0 bridgehead atoms. The van der Waals surface area contributed by atoms with E-state index in [1.54, 1.807) is 0 Å². The van der Waals surface area contributed by atoms with Gasteiger partial charge in [-0.2, -0.15) is 0 Å². The van der Waals surface area contributed by atoms with Gasteiger partial charge in [-0.05, 0) is 33.1 Å². The fourth-order valence-corrected chi connectivity index (χ4v) is 0.899. The first-order valence-corrected chi connectivity index (χ1v) is 4.40. The summed E-state index contributed by atoms with van der Waals surface area (Å²) in [6, 6.07) is 0. The van der Waals surface area contributed by atoms with Crippen molar-refractivity contribution < 1.29 is 0 Å². The second-order valence-corrected chi connectivity index (χ2v) is 3.98. The molecule has 0 radical (unpaired) electrons. The molecule has 2 heteroatoms. The lowest BCUT2D eigenvalue weighted by molar-refractivity contribution is 0.502. The lowest BCUT2D eigenvalue weighted by Gasteiger charge is -2.17. The van der Waals surface area contributed by atoms with Gasteiger partial charge in [0.1, 0.15) is 0 Å². The second-order valence-electron chi connectivity index (χ2n) is 3.98. The molecule has 11 heavy (non-hydrogen) atoms. The molecule has 0 aliphatic heterocycles. The van der Waals surface area contributed by atoms with E-state index in [1.165, 1.54) is 12.8 Å². The lowest BCUT2D eigenvalue weighted by atomic mass is 10.0. The van der Waals surface area contributed by atoms with Crippen LogP contribution < -0.4 is 5.73 Å². The van der Waals surface area contributed by atoms with Gasteiger partial charge in [-0.3, -0.25) is 4.99 Å². The zero-order chi connectivity index (χ0) is 8.48. The number of hydrogen-bond donors (Lipinski definition) is 1. The Morgan fingerprint density at radius 1 is 1.55 bits per heavy atom. The molecule has 0 aromatic rings. The molecule has 1 rings (SSSR count). The first-order valence-electron chi connectivity index (χ1n) is 4.40. The molecule has 0 aromatic carbocycles. The van der Waals surface area contributed by atoms with Gasteiger partial charge in [0.05, 0.1) is 11.4 Å². The molecule has 2 nitrogen and oxygen atoms in total. The zero-order valence-electron chi connectivity index (χ0n) is 7.72. The van der Waals surface area contributed by atoms with Crippen molar-refractivity contribution in [2.75, 3.05) is 0 Å². The molecule has 0 spiro atoms. The van der Waals surface area contributed by atoms with Gasteiger partial charge in [0.15, 0.2) is 0 Å². The number of nitrogens with zero attached hydrogens (tertiary/aromatic N) is 1. The molecule has 0 heterocycles. The molecule has 64 valence electrons. The standard InChI is InChI=1S/C9H18N2/c1-4-9(2,3)11-8(10)7-5-6-7/h7H,4-6H2,1-3H3,(H2,10,11). The van der Waals surface area contributed by atoms with Crippen LogP contribution in [0.3, 0.4) is 0 Å². The number of hydrogen-bond acceptors (Lipinski definition) is 1. The third-order valence-corrected chi connectivity index (χ3v) is 2.29. The zero-order valence-corrected chi connectivity index (χ0v) is 7.72. The van der Waals surface area contributed by atoms with Crippen molar-refractivity contribution >= 4 is 5.84 Å². The van der Waals surface area contributed by atoms with Crippen molar-refractivity contribution in [3.63, 3.8) is 0 Å². The molecule has 0 atom stereocenters. The van der Waals surface area contributed by atoms with Crippen molar-refractivity contribution in [2.45, 2.75) is 45.6 Å². The quantitative estimate of drug-likeness (QED) is 0.489. The highest BCUT2D eigenvalue weighted by molar-refractivity contribution is 5.85. The van der Waals surface area contributed by atoms with Crippen LogP contribution in [0.1, 0.15) is 40.0 Å². The van der Waals surface area contributed by atoms with Crippen LogP contribution in [0.4, 0.5) is 0 Å². The number of amidine groups is 1. The first-order chi connectivity index (χ1) is 5.05. The monoisotopic (exact) mass is 154 g/mol.